The van der Waals surface area contributed by atoms with E-state index in [1.165, 1.54) is 31.0 Å². The first-order chi connectivity index (χ1) is 12.7. The molecule has 140 valence electrons. The summed E-state index contributed by atoms with van der Waals surface area (Å²) >= 11 is 1.24. The molecule has 7 nitrogen and oxygen atoms in total. The molecule has 0 saturated heterocycles. The summed E-state index contributed by atoms with van der Waals surface area (Å²) in [5, 5.41) is 11.5. The Balaban J connectivity index is 1.52. The molecule has 1 fully saturated rings. The highest BCUT2D eigenvalue weighted by Crippen LogP contribution is 2.33. The summed E-state index contributed by atoms with van der Waals surface area (Å²) < 4.78 is 16.1. The number of methoxy groups -OCH3 is 2. The van der Waals surface area contributed by atoms with Gasteiger partial charge in [0.2, 0.25) is 11.8 Å². The average molecular weight is 377 g/mol. The van der Waals surface area contributed by atoms with Gasteiger partial charge in [-0.15, -0.1) is 10.2 Å². The van der Waals surface area contributed by atoms with E-state index in [9.17, 15) is 4.79 Å². The number of nitrogens with one attached hydrogen (secondary N) is 1. The minimum Gasteiger partial charge on any atom is -0.493 e. The molecule has 3 rings (SSSR count). The molecule has 0 bridgehead atoms. The first-order valence-corrected chi connectivity index (χ1v) is 9.66. The quantitative estimate of drug-likeness (QED) is 0.733. The van der Waals surface area contributed by atoms with Crippen LogP contribution in [0.2, 0.25) is 0 Å². The van der Waals surface area contributed by atoms with Crippen molar-refractivity contribution in [1.29, 1.82) is 0 Å². The standard InChI is InChI=1S/C18H23N3O4S/c1-23-14-9-8-13(10-15(14)24-2)19-16(22)11-26-18-21-20-17(25-18)12-6-4-3-5-7-12/h8-10,12H,3-7,11H2,1-2H3,(H,19,22). The normalized spacial score (nSPS) is 14.8. The van der Waals surface area contributed by atoms with Gasteiger partial charge in [0.15, 0.2) is 11.5 Å². The van der Waals surface area contributed by atoms with Gasteiger partial charge in [0.1, 0.15) is 0 Å². The molecular formula is C18H23N3O4S. The average Bonchev–Trinajstić information content (AvgIpc) is 3.16. The lowest BCUT2D eigenvalue weighted by Gasteiger charge is -2.17. The van der Waals surface area contributed by atoms with Gasteiger partial charge in [-0.25, -0.2) is 0 Å². The van der Waals surface area contributed by atoms with Crippen LogP contribution in [0.1, 0.15) is 43.9 Å². The molecule has 26 heavy (non-hydrogen) atoms. The maximum Gasteiger partial charge on any atom is 0.277 e. The molecule has 0 atom stereocenters. The Labute approximate surface area is 156 Å². The number of aromatic nitrogens is 2. The van der Waals surface area contributed by atoms with Gasteiger partial charge in [-0.3, -0.25) is 4.79 Å². The van der Waals surface area contributed by atoms with Gasteiger partial charge in [0.05, 0.1) is 20.0 Å². The van der Waals surface area contributed by atoms with Crippen LogP contribution in [0.25, 0.3) is 0 Å². The summed E-state index contributed by atoms with van der Waals surface area (Å²) in [6, 6.07) is 5.23. The molecular weight excluding hydrogens is 354 g/mol. The van der Waals surface area contributed by atoms with Crippen molar-refractivity contribution in [2.24, 2.45) is 0 Å². The van der Waals surface area contributed by atoms with Crippen LogP contribution in [-0.4, -0.2) is 36.1 Å². The SMILES string of the molecule is COc1ccc(NC(=O)CSc2nnc(C3CCCCC3)o2)cc1OC. The summed E-state index contributed by atoms with van der Waals surface area (Å²) in [4.78, 5) is 12.2. The molecule has 0 unspecified atom stereocenters. The second kappa shape index (κ2) is 8.93. The van der Waals surface area contributed by atoms with Crippen LogP contribution in [0, 0.1) is 0 Å². The predicted octanol–water partition coefficient (Wildman–Crippen LogP) is 3.87. The Kier molecular flexibility index (Phi) is 6.38. The Morgan fingerprint density at radius 1 is 1.19 bits per heavy atom. The number of nitrogens with zero attached hydrogens (tertiary/aromatic N) is 2. The monoisotopic (exact) mass is 377 g/mol. The van der Waals surface area contributed by atoms with Crippen molar-refractivity contribution in [1.82, 2.24) is 10.2 Å². The maximum absolute atomic E-state index is 12.2. The molecule has 1 aliphatic carbocycles. The van der Waals surface area contributed by atoms with Gasteiger partial charge >= 0.3 is 0 Å². The fourth-order valence-corrected chi connectivity index (χ4v) is 3.60. The maximum atomic E-state index is 12.2. The topological polar surface area (TPSA) is 86.5 Å². The third kappa shape index (κ3) is 4.69. The Hall–Kier alpha value is -2.22. The molecule has 1 N–H and O–H groups in total. The number of hydrogen-bond acceptors (Lipinski definition) is 7. The summed E-state index contributed by atoms with van der Waals surface area (Å²) in [7, 11) is 3.12. The molecule has 0 aliphatic heterocycles. The Morgan fingerprint density at radius 2 is 1.96 bits per heavy atom. The Morgan fingerprint density at radius 3 is 2.69 bits per heavy atom. The van der Waals surface area contributed by atoms with Crippen LogP contribution >= 0.6 is 11.8 Å². The zero-order valence-electron chi connectivity index (χ0n) is 15.0. The van der Waals surface area contributed by atoms with E-state index in [1.54, 1.807) is 32.4 Å². The summed E-state index contributed by atoms with van der Waals surface area (Å²) in [5.41, 5.74) is 0.640. The number of carbonyl (C=O) groups is 1. The number of anilines is 1. The zero-order chi connectivity index (χ0) is 18.4. The lowest BCUT2D eigenvalue weighted by molar-refractivity contribution is -0.113. The van der Waals surface area contributed by atoms with E-state index in [2.05, 4.69) is 15.5 Å². The fourth-order valence-electron chi connectivity index (χ4n) is 3.03. The van der Waals surface area contributed by atoms with Gasteiger partial charge in [0, 0.05) is 17.7 Å². The largest absolute Gasteiger partial charge is 0.493 e. The van der Waals surface area contributed by atoms with Gasteiger partial charge < -0.3 is 19.2 Å². The molecule has 1 saturated carbocycles. The summed E-state index contributed by atoms with van der Waals surface area (Å²) in [6.45, 7) is 0. The molecule has 1 aliphatic rings. The van der Waals surface area contributed by atoms with Crippen LogP contribution in [-0.2, 0) is 4.79 Å². The van der Waals surface area contributed by atoms with Crippen molar-refractivity contribution in [3.8, 4) is 11.5 Å². The minimum atomic E-state index is -0.153. The number of thioether (sulfide) groups is 1. The fraction of sp³-hybridized carbons (Fsp3) is 0.500. The highest BCUT2D eigenvalue weighted by Gasteiger charge is 2.21. The zero-order valence-corrected chi connectivity index (χ0v) is 15.8. The molecule has 1 aromatic heterocycles. The van der Waals surface area contributed by atoms with Crippen molar-refractivity contribution in [3.63, 3.8) is 0 Å². The van der Waals surface area contributed by atoms with Crippen LogP contribution in [0.3, 0.4) is 0 Å². The lowest BCUT2D eigenvalue weighted by atomic mass is 9.89. The second-order valence-electron chi connectivity index (χ2n) is 6.15. The van der Waals surface area contributed by atoms with E-state index in [4.69, 9.17) is 13.9 Å². The molecule has 0 radical (unpaired) electrons. The number of rotatable bonds is 7. The summed E-state index contributed by atoms with van der Waals surface area (Å²) in [5.74, 6) is 2.28. The van der Waals surface area contributed by atoms with E-state index in [0.29, 0.717) is 34.2 Å². The lowest BCUT2D eigenvalue weighted by Crippen LogP contribution is -2.14. The second-order valence-corrected chi connectivity index (χ2v) is 7.07. The van der Waals surface area contributed by atoms with Gasteiger partial charge in [0.25, 0.3) is 5.22 Å². The van der Waals surface area contributed by atoms with Crippen LogP contribution in [0.5, 0.6) is 11.5 Å². The van der Waals surface area contributed by atoms with Crippen LogP contribution in [0.4, 0.5) is 5.69 Å². The number of benzene rings is 1. The van der Waals surface area contributed by atoms with E-state index in [0.717, 1.165) is 12.8 Å². The van der Waals surface area contributed by atoms with Crippen molar-refractivity contribution >= 4 is 23.4 Å². The molecule has 0 spiro atoms. The molecule has 8 heteroatoms. The van der Waals surface area contributed by atoms with Gasteiger partial charge in [-0.1, -0.05) is 31.0 Å². The molecule has 1 amide bonds. The molecule has 1 heterocycles. The first-order valence-electron chi connectivity index (χ1n) is 8.67. The van der Waals surface area contributed by atoms with Crippen LogP contribution in [0.15, 0.2) is 27.8 Å². The third-order valence-corrected chi connectivity index (χ3v) is 5.19. The van der Waals surface area contributed by atoms with Crippen molar-refractivity contribution in [2.75, 3.05) is 25.3 Å². The Bertz CT molecular complexity index is 744. The molecule has 1 aromatic carbocycles. The minimum absolute atomic E-state index is 0.153. The van der Waals surface area contributed by atoms with E-state index < -0.39 is 0 Å². The first kappa shape index (κ1) is 18.6. The van der Waals surface area contributed by atoms with E-state index in [1.807, 2.05) is 0 Å². The summed E-state index contributed by atoms with van der Waals surface area (Å²) in [6.07, 6.45) is 5.91. The van der Waals surface area contributed by atoms with Crippen molar-refractivity contribution < 1.29 is 18.7 Å². The number of hydrogen-bond donors (Lipinski definition) is 1. The smallest absolute Gasteiger partial charge is 0.277 e. The van der Waals surface area contributed by atoms with E-state index in [-0.39, 0.29) is 11.7 Å². The van der Waals surface area contributed by atoms with Crippen molar-refractivity contribution in [3.05, 3.63) is 24.1 Å². The number of amides is 1. The van der Waals surface area contributed by atoms with Gasteiger partial charge in [-0.2, -0.15) is 0 Å². The number of ether oxygens (including phenoxy) is 2. The van der Waals surface area contributed by atoms with Gasteiger partial charge in [-0.05, 0) is 25.0 Å². The predicted molar refractivity (Wildman–Crippen MR) is 99.0 cm³/mol. The third-order valence-electron chi connectivity index (χ3n) is 4.37. The highest BCUT2D eigenvalue weighted by molar-refractivity contribution is 7.99. The number of carbonyl (C=O) groups excluding carboxylic acids is 1. The molecule has 2 aromatic rings. The van der Waals surface area contributed by atoms with Crippen LogP contribution < -0.4 is 14.8 Å². The van der Waals surface area contributed by atoms with E-state index >= 15 is 0 Å². The van der Waals surface area contributed by atoms with Crippen molar-refractivity contribution in [2.45, 2.75) is 43.2 Å². The highest BCUT2D eigenvalue weighted by atomic mass is 32.2.